The lowest BCUT2D eigenvalue weighted by Gasteiger charge is -2.34. The van der Waals surface area contributed by atoms with Gasteiger partial charge in [0.25, 0.3) is 0 Å². The molecule has 1 heterocycles. The molecule has 2 aliphatic rings. The third kappa shape index (κ3) is 3.38. The van der Waals surface area contributed by atoms with Crippen molar-refractivity contribution in [1.29, 1.82) is 0 Å². The van der Waals surface area contributed by atoms with Gasteiger partial charge in [-0.25, -0.2) is 4.79 Å². The summed E-state index contributed by atoms with van der Waals surface area (Å²) in [4.78, 5) is 21.7. The second kappa shape index (κ2) is 7.47. The number of carboxylic acid groups (broad SMARTS) is 1. The van der Waals surface area contributed by atoms with Crippen molar-refractivity contribution in [3.05, 3.63) is 77.3 Å². The molecule has 0 saturated heterocycles. The molecule has 2 aliphatic carbocycles. The Morgan fingerprint density at radius 2 is 2.04 bits per heavy atom. The Kier molecular flexibility index (Phi) is 4.86. The molecule has 0 bridgehead atoms. The molecule has 5 rings (SSSR count). The van der Waals surface area contributed by atoms with Gasteiger partial charge in [0.2, 0.25) is 0 Å². The average molecular weight is 374 g/mol. The van der Waals surface area contributed by atoms with Gasteiger partial charge in [0.05, 0.1) is 11.8 Å². The summed E-state index contributed by atoms with van der Waals surface area (Å²) in [5, 5.41) is 10.9. The van der Waals surface area contributed by atoms with E-state index in [0.717, 1.165) is 19.3 Å². The third-order valence-corrected chi connectivity index (χ3v) is 5.70. The van der Waals surface area contributed by atoms with Crippen LogP contribution in [-0.2, 0) is 4.79 Å². The van der Waals surface area contributed by atoms with Crippen molar-refractivity contribution < 1.29 is 19.1 Å². The number of ketones is 1. The SMILES string of the molecule is Cc1cc2ccccc2c2c1C1CCC(=O)CC1C=C2.O=C(O)c1ccoc1. The van der Waals surface area contributed by atoms with Crippen molar-refractivity contribution in [2.24, 2.45) is 5.92 Å². The van der Waals surface area contributed by atoms with Crippen LogP contribution < -0.4 is 0 Å². The topological polar surface area (TPSA) is 67.5 Å². The van der Waals surface area contributed by atoms with Crippen LogP contribution in [0.5, 0.6) is 0 Å². The zero-order chi connectivity index (χ0) is 19.7. The number of carbonyl (C=O) groups is 2. The molecule has 28 heavy (non-hydrogen) atoms. The number of hydrogen-bond acceptors (Lipinski definition) is 3. The molecular formula is C24H22O4. The molecule has 2 atom stereocenters. The molecule has 2 aromatic carbocycles. The van der Waals surface area contributed by atoms with E-state index in [9.17, 15) is 9.59 Å². The first-order valence-electron chi connectivity index (χ1n) is 9.52. The van der Waals surface area contributed by atoms with E-state index in [1.54, 1.807) is 0 Å². The van der Waals surface area contributed by atoms with Crippen LogP contribution in [0.4, 0.5) is 0 Å². The number of fused-ring (bicyclic) bond motifs is 5. The van der Waals surface area contributed by atoms with Gasteiger partial charge in [-0.3, -0.25) is 4.79 Å². The first kappa shape index (κ1) is 18.2. The second-order valence-corrected chi connectivity index (χ2v) is 7.47. The molecule has 1 saturated carbocycles. The van der Waals surface area contributed by atoms with E-state index in [-0.39, 0.29) is 5.56 Å². The minimum Gasteiger partial charge on any atom is -0.478 e. The molecule has 4 nitrogen and oxygen atoms in total. The molecular weight excluding hydrogens is 352 g/mol. The lowest BCUT2D eigenvalue weighted by atomic mass is 9.69. The molecule has 3 aromatic rings. The predicted octanol–water partition coefficient (Wildman–Crippen LogP) is 5.61. The zero-order valence-electron chi connectivity index (χ0n) is 15.7. The van der Waals surface area contributed by atoms with Gasteiger partial charge in [0, 0.05) is 12.8 Å². The summed E-state index contributed by atoms with van der Waals surface area (Å²) in [6.45, 7) is 2.22. The maximum Gasteiger partial charge on any atom is 0.338 e. The summed E-state index contributed by atoms with van der Waals surface area (Å²) in [7, 11) is 0. The number of hydrogen-bond donors (Lipinski definition) is 1. The molecule has 4 heteroatoms. The minimum atomic E-state index is -0.959. The largest absolute Gasteiger partial charge is 0.478 e. The van der Waals surface area contributed by atoms with Crippen molar-refractivity contribution in [3.8, 4) is 0 Å². The number of furan rings is 1. The Balaban J connectivity index is 0.000000203. The van der Waals surface area contributed by atoms with Crippen LogP contribution >= 0.6 is 0 Å². The molecule has 0 aliphatic heterocycles. The number of carbonyl (C=O) groups excluding carboxylic acids is 1. The average Bonchev–Trinajstić information content (AvgIpc) is 3.23. The predicted molar refractivity (Wildman–Crippen MR) is 108 cm³/mol. The third-order valence-electron chi connectivity index (χ3n) is 5.70. The number of carboxylic acids is 1. The molecule has 0 amide bonds. The highest BCUT2D eigenvalue weighted by Crippen LogP contribution is 2.45. The highest BCUT2D eigenvalue weighted by molar-refractivity contribution is 5.94. The fourth-order valence-corrected chi connectivity index (χ4v) is 4.41. The number of allylic oxidation sites excluding steroid dienone is 1. The van der Waals surface area contributed by atoms with E-state index < -0.39 is 5.97 Å². The van der Waals surface area contributed by atoms with Crippen LogP contribution in [0.15, 0.2) is 59.4 Å². The van der Waals surface area contributed by atoms with E-state index in [0.29, 0.717) is 17.6 Å². The number of rotatable bonds is 1. The van der Waals surface area contributed by atoms with Crippen LogP contribution in [-0.4, -0.2) is 16.9 Å². The van der Waals surface area contributed by atoms with Crippen LogP contribution in [0.2, 0.25) is 0 Å². The van der Waals surface area contributed by atoms with E-state index >= 15 is 0 Å². The van der Waals surface area contributed by atoms with Crippen LogP contribution in [0, 0.1) is 12.8 Å². The van der Waals surface area contributed by atoms with Gasteiger partial charge in [-0.1, -0.05) is 42.5 Å². The fourth-order valence-electron chi connectivity index (χ4n) is 4.41. The van der Waals surface area contributed by atoms with Crippen molar-refractivity contribution in [2.75, 3.05) is 0 Å². The van der Waals surface area contributed by atoms with Crippen molar-refractivity contribution >= 4 is 28.6 Å². The number of aromatic carboxylic acids is 1. The van der Waals surface area contributed by atoms with Crippen molar-refractivity contribution in [2.45, 2.75) is 32.1 Å². The Morgan fingerprint density at radius 1 is 1.21 bits per heavy atom. The van der Waals surface area contributed by atoms with E-state index in [1.807, 2.05) is 0 Å². The lowest BCUT2D eigenvalue weighted by Crippen LogP contribution is -2.25. The number of Topliss-reactive ketones (excluding diaryl/α,β-unsaturated/α-hetero) is 1. The Hall–Kier alpha value is -3.14. The molecule has 1 fully saturated rings. The maximum atomic E-state index is 11.7. The smallest absolute Gasteiger partial charge is 0.338 e. The zero-order valence-corrected chi connectivity index (χ0v) is 15.7. The van der Waals surface area contributed by atoms with Gasteiger partial charge in [-0.15, -0.1) is 0 Å². The fraction of sp³-hybridized carbons (Fsp3) is 0.250. The summed E-state index contributed by atoms with van der Waals surface area (Å²) in [5.41, 5.74) is 4.44. The Morgan fingerprint density at radius 3 is 2.75 bits per heavy atom. The second-order valence-electron chi connectivity index (χ2n) is 7.47. The van der Waals surface area contributed by atoms with Gasteiger partial charge in [-0.05, 0) is 58.7 Å². The molecule has 1 aromatic heterocycles. The summed E-state index contributed by atoms with van der Waals surface area (Å²) in [6.07, 6.45) is 9.53. The number of benzene rings is 2. The van der Waals surface area contributed by atoms with E-state index in [2.05, 4.69) is 53.8 Å². The first-order valence-corrected chi connectivity index (χ1v) is 9.52. The van der Waals surface area contributed by atoms with Gasteiger partial charge in [0.1, 0.15) is 12.0 Å². The highest BCUT2D eigenvalue weighted by atomic mass is 16.4. The first-order chi connectivity index (χ1) is 13.5. The van der Waals surface area contributed by atoms with Crippen LogP contribution in [0.3, 0.4) is 0 Å². The molecule has 0 radical (unpaired) electrons. The van der Waals surface area contributed by atoms with Gasteiger partial charge in [0.15, 0.2) is 0 Å². The lowest BCUT2D eigenvalue weighted by molar-refractivity contribution is -0.121. The number of aryl methyl sites for hydroxylation is 1. The minimum absolute atomic E-state index is 0.185. The Bertz CT molecular complexity index is 1060. The van der Waals surface area contributed by atoms with Gasteiger partial charge < -0.3 is 9.52 Å². The Labute approximate surface area is 163 Å². The highest BCUT2D eigenvalue weighted by Gasteiger charge is 2.33. The normalized spacial score (nSPS) is 20.1. The maximum absolute atomic E-state index is 11.7. The van der Waals surface area contributed by atoms with Crippen LogP contribution in [0.1, 0.15) is 52.2 Å². The van der Waals surface area contributed by atoms with Gasteiger partial charge in [-0.2, -0.15) is 0 Å². The molecule has 2 unspecified atom stereocenters. The summed E-state index contributed by atoms with van der Waals surface area (Å²) in [6, 6.07) is 12.3. The summed E-state index contributed by atoms with van der Waals surface area (Å²) >= 11 is 0. The molecule has 142 valence electrons. The van der Waals surface area contributed by atoms with Crippen LogP contribution in [0.25, 0.3) is 16.8 Å². The monoisotopic (exact) mass is 374 g/mol. The van der Waals surface area contributed by atoms with E-state index in [1.165, 1.54) is 46.1 Å². The van der Waals surface area contributed by atoms with Crippen molar-refractivity contribution in [1.82, 2.24) is 0 Å². The van der Waals surface area contributed by atoms with Gasteiger partial charge >= 0.3 is 5.97 Å². The standard InChI is InChI=1S/C19H18O.C5H4O3/c1-12-10-13-4-2-3-5-16(13)18-8-6-14-11-15(20)7-9-17(14)19(12)18;6-5(7)4-1-2-8-3-4/h2-6,8,10,14,17H,7,9,11H2,1H3;1-3H,(H,6,7). The summed E-state index contributed by atoms with van der Waals surface area (Å²) < 4.78 is 4.49. The van der Waals surface area contributed by atoms with Crippen molar-refractivity contribution in [3.63, 3.8) is 0 Å². The molecule has 0 spiro atoms. The molecule has 1 N–H and O–H groups in total. The summed E-state index contributed by atoms with van der Waals surface area (Å²) in [5.74, 6) is 0.428. The van der Waals surface area contributed by atoms with E-state index in [4.69, 9.17) is 5.11 Å². The quantitative estimate of drug-likeness (QED) is 0.601.